The third-order valence-corrected chi connectivity index (χ3v) is 14.8. The van der Waals surface area contributed by atoms with Crippen LogP contribution in [0.25, 0.3) is 0 Å². The zero-order valence-electron chi connectivity index (χ0n) is 18.0. The van der Waals surface area contributed by atoms with E-state index in [9.17, 15) is 0 Å². The zero-order chi connectivity index (χ0) is 19.4. The average molecular weight is 409 g/mol. The molecule has 0 aromatic heterocycles. The Morgan fingerprint density at radius 3 is 1.12 bits per heavy atom. The molecule has 0 amide bonds. The molecule has 6 nitrogen and oxygen atoms in total. The van der Waals surface area contributed by atoms with E-state index in [0.717, 1.165) is 78.5 Å². The monoisotopic (exact) mass is 408 g/mol. The Labute approximate surface area is 166 Å². The predicted octanol–water partition coefficient (Wildman–Crippen LogP) is 2.53. The van der Waals surface area contributed by atoms with Gasteiger partial charge in [0.1, 0.15) is 0 Å². The van der Waals surface area contributed by atoms with Crippen LogP contribution in [0.2, 0.25) is 0 Å². The van der Waals surface area contributed by atoms with Gasteiger partial charge < -0.3 is 0 Å². The normalized spacial score (nSPS) is 24.3. The molecule has 2 heterocycles. The van der Waals surface area contributed by atoms with Crippen molar-refractivity contribution < 1.29 is 0 Å². The first-order valence-corrected chi connectivity index (χ1v) is 13.4. The first-order chi connectivity index (χ1) is 12.4. The van der Waals surface area contributed by atoms with Gasteiger partial charge in [-0.15, -0.1) is 0 Å². The number of nitrogens with zero attached hydrogens (tertiary/aromatic N) is 6. The maximum absolute atomic E-state index is 8.18. The molecule has 0 aromatic rings. The van der Waals surface area contributed by atoms with Gasteiger partial charge in [-0.25, -0.2) is 0 Å². The van der Waals surface area contributed by atoms with Crippen LogP contribution in [0, 0.1) is 0 Å². The number of halogens is 1. The van der Waals surface area contributed by atoms with Crippen LogP contribution in [0.5, 0.6) is 0 Å². The van der Waals surface area contributed by atoms with Gasteiger partial charge in [-0.2, -0.15) is 0 Å². The first kappa shape index (κ1) is 22.8. The summed E-state index contributed by atoms with van der Waals surface area (Å²) in [7, 11) is 4.45. The summed E-state index contributed by atoms with van der Waals surface area (Å²) in [6.07, 6.45) is 0. The molecule has 0 unspecified atom stereocenters. The molecule has 2 fully saturated rings. The van der Waals surface area contributed by atoms with Gasteiger partial charge in [0, 0.05) is 0 Å². The fourth-order valence-electron chi connectivity index (χ4n) is 4.77. The van der Waals surface area contributed by atoms with Crippen LogP contribution in [-0.4, -0.2) is 121 Å². The Hall–Kier alpha value is 0.480. The molecule has 0 N–H and O–H groups in total. The molecule has 2 aliphatic heterocycles. The summed E-state index contributed by atoms with van der Waals surface area (Å²) in [6.45, 7) is 18.6. The molecule has 156 valence electrons. The molecule has 0 radical (unpaired) electrons. The second-order valence-electron chi connectivity index (χ2n) is 7.63. The van der Waals surface area contributed by atoms with E-state index in [-0.39, 0.29) is 0 Å². The van der Waals surface area contributed by atoms with Crippen LogP contribution < -0.4 is 0 Å². The molecule has 8 heteroatoms. The standard InChI is InChI=1S/C18H42ClN6P/c1-7-22(8-2)26(19,23(9-3)10-4,24-15-11-20(5)12-16-24)25-17-13-21(6)14-18-25/h7-18H2,1-6H3. The molecule has 0 bridgehead atoms. The summed E-state index contributed by atoms with van der Waals surface area (Å²) >= 11 is 8.18. The second-order valence-corrected chi connectivity index (χ2v) is 13.4. The minimum atomic E-state index is -3.07. The van der Waals surface area contributed by atoms with Crippen LogP contribution in [0.15, 0.2) is 0 Å². The van der Waals surface area contributed by atoms with Gasteiger partial charge in [0.25, 0.3) is 0 Å². The summed E-state index contributed by atoms with van der Waals surface area (Å²) in [6, 6.07) is 0. The third kappa shape index (κ3) is 3.69. The SMILES string of the molecule is CCN(CC)P(Cl)(N(CC)CC)(N1CCN(C)CC1)N1CCN(C)CC1. The van der Waals surface area contributed by atoms with Crippen molar-refractivity contribution >= 4 is 17.8 Å². The Morgan fingerprint density at radius 1 is 0.615 bits per heavy atom. The molecule has 2 aliphatic rings. The van der Waals surface area contributed by atoms with E-state index in [1.165, 1.54) is 0 Å². The Morgan fingerprint density at radius 2 is 0.885 bits per heavy atom. The van der Waals surface area contributed by atoms with Crippen molar-refractivity contribution in [3.8, 4) is 0 Å². The summed E-state index contributed by atoms with van der Waals surface area (Å²) < 4.78 is 10.6. The summed E-state index contributed by atoms with van der Waals surface area (Å²) in [5.74, 6) is 0. The third-order valence-electron chi connectivity index (χ3n) is 6.36. The number of hydrogen-bond donors (Lipinski definition) is 0. The molecule has 0 atom stereocenters. The van der Waals surface area contributed by atoms with E-state index >= 15 is 0 Å². The molecule has 26 heavy (non-hydrogen) atoms. The quantitative estimate of drug-likeness (QED) is 0.571. The van der Waals surface area contributed by atoms with Gasteiger partial charge in [-0.05, 0) is 0 Å². The minimum absolute atomic E-state index is 0.993. The van der Waals surface area contributed by atoms with Gasteiger partial charge in [-0.1, -0.05) is 0 Å². The Balaban J connectivity index is 2.58. The van der Waals surface area contributed by atoms with Crippen LogP contribution in [0.4, 0.5) is 0 Å². The number of likely N-dealkylation sites (N-methyl/N-ethyl adjacent to an activating group) is 2. The van der Waals surface area contributed by atoms with Crippen molar-refractivity contribution in [3.05, 3.63) is 0 Å². The van der Waals surface area contributed by atoms with Gasteiger partial charge in [-0.3, -0.25) is 0 Å². The fraction of sp³-hybridized carbons (Fsp3) is 1.00. The van der Waals surface area contributed by atoms with Crippen LogP contribution >= 0.6 is 17.8 Å². The second kappa shape index (κ2) is 9.32. The van der Waals surface area contributed by atoms with E-state index < -0.39 is 6.56 Å². The van der Waals surface area contributed by atoms with E-state index in [4.69, 9.17) is 11.2 Å². The van der Waals surface area contributed by atoms with Crippen molar-refractivity contribution in [2.45, 2.75) is 27.7 Å². The van der Waals surface area contributed by atoms with E-state index in [0.29, 0.717) is 0 Å². The average Bonchev–Trinajstić information content (AvgIpc) is 2.64. The number of piperazine rings is 2. The summed E-state index contributed by atoms with van der Waals surface area (Å²) in [5, 5.41) is 0. The molecular formula is C18H42ClN6P. The van der Waals surface area contributed by atoms with Gasteiger partial charge in [0.05, 0.1) is 0 Å². The maximum atomic E-state index is 8.18. The molecule has 0 saturated carbocycles. The Bertz CT molecular complexity index is 391. The van der Waals surface area contributed by atoms with Gasteiger partial charge in [0.2, 0.25) is 0 Å². The molecule has 0 aromatic carbocycles. The number of rotatable bonds is 8. The molecule has 2 saturated heterocycles. The van der Waals surface area contributed by atoms with Crippen molar-refractivity contribution in [3.63, 3.8) is 0 Å². The topological polar surface area (TPSA) is 19.4 Å². The van der Waals surface area contributed by atoms with Crippen LogP contribution in [0.1, 0.15) is 27.7 Å². The fourth-order valence-corrected chi connectivity index (χ4v) is 12.8. The van der Waals surface area contributed by atoms with Crippen molar-refractivity contribution in [2.24, 2.45) is 0 Å². The molecule has 2 rings (SSSR count). The first-order valence-electron chi connectivity index (χ1n) is 10.5. The van der Waals surface area contributed by atoms with E-state index in [1.54, 1.807) is 0 Å². The van der Waals surface area contributed by atoms with E-state index in [1.807, 2.05) is 0 Å². The van der Waals surface area contributed by atoms with Crippen LogP contribution in [0.3, 0.4) is 0 Å². The summed E-state index contributed by atoms with van der Waals surface area (Å²) in [5.41, 5.74) is 0. The Kier molecular flexibility index (Phi) is 8.16. The van der Waals surface area contributed by atoms with Crippen molar-refractivity contribution in [1.82, 2.24) is 28.5 Å². The number of hydrogen-bond acceptors (Lipinski definition) is 6. The van der Waals surface area contributed by atoms with Gasteiger partial charge in [0.15, 0.2) is 0 Å². The summed E-state index contributed by atoms with van der Waals surface area (Å²) in [4.78, 5) is 4.87. The van der Waals surface area contributed by atoms with Crippen LogP contribution in [-0.2, 0) is 0 Å². The predicted molar refractivity (Wildman–Crippen MR) is 117 cm³/mol. The zero-order valence-corrected chi connectivity index (χ0v) is 19.6. The molecule has 0 spiro atoms. The van der Waals surface area contributed by atoms with Gasteiger partial charge >= 0.3 is 167 Å². The molecular weight excluding hydrogens is 367 g/mol. The van der Waals surface area contributed by atoms with Crippen molar-refractivity contribution in [1.29, 1.82) is 0 Å². The van der Waals surface area contributed by atoms with Crippen molar-refractivity contribution in [2.75, 3.05) is 92.6 Å². The van der Waals surface area contributed by atoms with E-state index in [2.05, 4.69) is 70.3 Å². The molecule has 0 aliphatic carbocycles.